The summed E-state index contributed by atoms with van der Waals surface area (Å²) in [7, 11) is 0. The number of carboxylic acids is 1. The summed E-state index contributed by atoms with van der Waals surface area (Å²) in [6, 6.07) is 4.10. The quantitative estimate of drug-likeness (QED) is 0.908. The molecule has 0 spiro atoms. The number of carbonyl (C=O) groups is 1. The van der Waals surface area contributed by atoms with Gasteiger partial charge in [0, 0.05) is 18.3 Å². The third-order valence-corrected chi connectivity index (χ3v) is 2.78. The molecule has 0 aliphatic rings. The van der Waals surface area contributed by atoms with Crippen LogP contribution in [0.4, 0.5) is 4.39 Å². The zero-order valence-corrected chi connectivity index (χ0v) is 10.1. The van der Waals surface area contributed by atoms with E-state index in [0.29, 0.717) is 5.56 Å². The Morgan fingerprint density at radius 1 is 1.50 bits per heavy atom. The molecule has 0 aliphatic heterocycles. The Balaban J connectivity index is 2.48. The van der Waals surface area contributed by atoms with Crippen molar-refractivity contribution in [2.75, 3.05) is 0 Å². The summed E-state index contributed by atoms with van der Waals surface area (Å²) < 4.78 is 15.4. The summed E-state index contributed by atoms with van der Waals surface area (Å²) in [6.45, 7) is 4.53. The van der Waals surface area contributed by atoms with Crippen molar-refractivity contribution in [1.82, 2.24) is 9.78 Å². The highest BCUT2D eigenvalue weighted by atomic mass is 19.1. The summed E-state index contributed by atoms with van der Waals surface area (Å²) in [6.07, 6.45) is 1.82. The molecule has 0 aliphatic carbocycles. The SMILES string of the molecule is CCn1cc(-c2ccc(C(=O)O)c(F)c2)c(C)n1. The lowest BCUT2D eigenvalue weighted by molar-refractivity contribution is 0.0692. The third kappa shape index (κ3) is 2.11. The average Bonchev–Trinajstić information content (AvgIpc) is 2.70. The number of halogens is 1. The molecule has 0 saturated heterocycles. The molecule has 5 heteroatoms. The van der Waals surface area contributed by atoms with Gasteiger partial charge < -0.3 is 5.11 Å². The van der Waals surface area contributed by atoms with Crippen LogP contribution in [-0.4, -0.2) is 20.9 Å². The Morgan fingerprint density at radius 2 is 2.22 bits per heavy atom. The van der Waals surface area contributed by atoms with Gasteiger partial charge in [-0.1, -0.05) is 6.07 Å². The Labute approximate surface area is 104 Å². The lowest BCUT2D eigenvalue weighted by Crippen LogP contribution is -2.00. The minimum Gasteiger partial charge on any atom is -0.478 e. The van der Waals surface area contributed by atoms with Crippen molar-refractivity contribution >= 4 is 5.97 Å². The fraction of sp³-hybridized carbons (Fsp3) is 0.231. The van der Waals surface area contributed by atoms with Crippen LogP contribution in [0.1, 0.15) is 23.0 Å². The van der Waals surface area contributed by atoms with Gasteiger partial charge in [0.25, 0.3) is 0 Å². The number of hydrogen-bond acceptors (Lipinski definition) is 2. The Bertz CT molecular complexity index is 605. The molecule has 0 fully saturated rings. The monoisotopic (exact) mass is 248 g/mol. The van der Waals surface area contributed by atoms with E-state index in [1.807, 2.05) is 20.0 Å². The van der Waals surface area contributed by atoms with Crippen LogP contribution >= 0.6 is 0 Å². The maximum atomic E-state index is 13.6. The number of aromatic nitrogens is 2. The Morgan fingerprint density at radius 3 is 2.72 bits per heavy atom. The van der Waals surface area contributed by atoms with Crippen LogP contribution in [0, 0.1) is 12.7 Å². The lowest BCUT2D eigenvalue weighted by atomic mass is 10.0. The molecule has 0 unspecified atom stereocenters. The van der Waals surface area contributed by atoms with Crippen LogP contribution in [0.25, 0.3) is 11.1 Å². The normalized spacial score (nSPS) is 10.6. The molecule has 0 saturated carbocycles. The van der Waals surface area contributed by atoms with Crippen molar-refractivity contribution in [1.29, 1.82) is 0 Å². The van der Waals surface area contributed by atoms with Crippen LogP contribution in [-0.2, 0) is 6.54 Å². The van der Waals surface area contributed by atoms with Crippen LogP contribution in [0.2, 0.25) is 0 Å². The predicted molar refractivity (Wildman–Crippen MR) is 65.0 cm³/mol. The molecular formula is C13H13FN2O2. The summed E-state index contributed by atoms with van der Waals surface area (Å²) in [5.41, 5.74) is 1.92. The van der Waals surface area contributed by atoms with E-state index in [9.17, 15) is 9.18 Å². The highest BCUT2D eigenvalue weighted by Crippen LogP contribution is 2.24. The summed E-state index contributed by atoms with van der Waals surface area (Å²) >= 11 is 0. The van der Waals surface area contributed by atoms with Gasteiger partial charge in [-0.25, -0.2) is 9.18 Å². The Hall–Kier alpha value is -2.17. The number of aromatic carboxylic acids is 1. The zero-order valence-electron chi connectivity index (χ0n) is 10.1. The van der Waals surface area contributed by atoms with Crippen LogP contribution in [0.15, 0.2) is 24.4 Å². The molecule has 1 N–H and O–H groups in total. The topological polar surface area (TPSA) is 55.1 Å². The first-order valence-corrected chi connectivity index (χ1v) is 5.60. The second kappa shape index (κ2) is 4.60. The fourth-order valence-electron chi connectivity index (χ4n) is 1.82. The molecular weight excluding hydrogens is 235 g/mol. The summed E-state index contributed by atoms with van der Waals surface area (Å²) in [5, 5.41) is 13.0. The largest absolute Gasteiger partial charge is 0.478 e. The van der Waals surface area contributed by atoms with E-state index in [2.05, 4.69) is 5.10 Å². The smallest absolute Gasteiger partial charge is 0.338 e. The van der Waals surface area contributed by atoms with Crippen molar-refractivity contribution in [3.63, 3.8) is 0 Å². The lowest BCUT2D eigenvalue weighted by Gasteiger charge is -2.02. The second-order valence-corrected chi connectivity index (χ2v) is 3.98. The minimum absolute atomic E-state index is 0.320. The van der Waals surface area contributed by atoms with Gasteiger partial charge in [-0.05, 0) is 31.5 Å². The number of hydrogen-bond donors (Lipinski definition) is 1. The van der Waals surface area contributed by atoms with Gasteiger partial charge in [0.05, 0.1) is 11.3 Å². The molecule has 2 aromatic rings. The van der Waals surface area contributed by atoms with Crippen molar-refractivity contribution in [3.8, 4) is 11.1 Å². The molecule has 4 nitrogen and oxygen atoms in total. The predicted octanol–water partition coefficient (Wildman–Crippen LogP) is 2.72. The van der Waals surface area contributed by atoms with E-state index < -0.39 is 11.8 Å². The van der Waals surface area contributed by atoms with Crippen LogP contribution in [0.3, 0.4) is 0 Å². The molecule has 1 aromatic carbocycles. The Kier molecular flexibility index (Phi) is 3.14. The van der Waals surface area contributed by atoms with Gasteiger partial charge in [0.15, 0.2) is 0 Å². The number of rotatable bonds is 3. The molecule has 0 atom stereocenters. The molecule has 0 amide bonds. The summed E-state index contributed by atoms with van der Waals surface area (Å²) in [4.78, 5) is 10.7. The van der Waals surface area contributed by atoms with Gasteiger partial charge >= 0.3 is 5.97 Å². The van der Waals surface area contributed by atoms with Crippen molar-refractivity contribution in [2.45, 2.75) is 20.4 Å². The van der Waals surface area contributed by atoms with Gasteiger partial charge in [-0.3, -0.25) is 4.68 Å². The molecule has 0 bridgehead atoms. The zero-order chi connectivity index (χ0) is 13.3. The first-order chi connectivity index (χ1) is 8.52. The number of aryl methyl sites for hydroxylation is 2. The maximum absolute atomic E-state index is 13.6. The molecule has 1 heterocycles. The van der Waals surface area contributed by atoms with E-state index in [1.165, 1.54) is 12.1 Å². The van der Waals surface area contributed by atoms with E-state index in [4.69, 9.17) is 5.11 Å². The van der Waals surface area contributed by atoms with E-state index in [1.54, 1.807) is 10.7 Å². The van der Waals surface area contributed by atoms with Crippen molar-refractivity contribution in [2.24, 2.45) is 0 Å². The maximum Gasteiger partial charge on any atom is 0.338 e. The first kappa shape index (κ1) is 12.3. The molecule has 0 radical (unpaired) electrons. The van der Waals surface area contributed by atoms with E-state index in [0.717, 1.165) is 17.8 Å². The number of nitrogens with zero attached hydrogens (tertiary/aromatic N) is 2. The molecule has 94 valence electrons. The first-order valence-electron chi connectivity index (χ1n) is 5.60. The highest BCUT2D eigenvalue weighted by Gasteiger charge is 2.13. The molecule has 2 rings (SSSR count). The minimum atomic E-state index is -1.26. The second-order valence-electron chi connectivity index (χ2n) is 3.98. The average molecular weight is 248 g/mol. The number of carboxylic acid groups (broad SMARTS) is 1. The highest BCUT2D eigenvalue weighted by molar-refractivity contribution is 5.88. The van der Waals surface area contributed by atoms with Crippen LogP contribution in [0.5, 0.6) is 0 Å². The van der Waals surface area contributed by atoms with Crippen LogP contribution < -0.4 is 0 Å². The van der Waals surface area contributed by atoms with Gasteiger partial charge in [0.2, 0.25) is 0 Å². The fourth-order valence-corrected chi connectivity index (χ4v) is 1.82. The van der Waals surface area contributed by atoms with Crippen molar-refractivity contribution < 1.29 is 14.3 Å². The summed E-state index contributed by atoms with van der Waals surface area (Å²) in [5.74, 6) is -2.00. The van der Waals surface area contributed by atoms with Gasteiger partial charge in [-0.2, -0.15) is 5.10 Å². The van der Waals surface area contributed by atoms with Gasteiger partial charge in [-0.15, -0.1) is 0 Å². The van der Waals surface area contributed by atoms with E-state index >= 15 is 0 Å². The standard InChI is InChI=1S/C13H13FN2O2/c1-3-16-7-11(8(2)15-16)9-4-5-10(13(17)18)12(14)6-9/h4-7H,3H2,1-2H3,(H,17,18). The molecule has 18 heavy (non-hydrogen) atoms. The van der Waals surface area contributed by atoms with Gasteiger partial charge in [0.1, 0.15) is 5.82 Å². The molecule has 1 aromatic heterocycles. The van der Waals surface area contributed by atoms with E-state index in [-0.39, 0.29) is 5.56 Å². The van der Waals surface area contributed by atoms with Crippen molar-refractivity contribution in [3.05, 3.63) is 41.5 Å². The number of benzene rings is 1. The third-order valence-electron chi connectivity index (χ3n) is 2.78.